The van der Waals surface area contributed by atoms with Crippen molar-refractivity contribution in [2.45, 2.75) is 33.8 Å². The van der Waals surface area contributed by atoms with Gasteiger partial charge in [-0.3, -0.25) is 0 Å². The van der Waals surface area contributed by atoms with E-state index in [1.54, 1.807) is 43.3 Å². The maximum Gasteiger partial charge on any atom is 0.426 e. The van der Waals surface area contributed by atoms with E-state index in [0.29, 0.717) is 5.56 Å². The Kier molecular flexibility index (Phi) is 4.82. The van der Waals surface area contributed by atoms with Gasteiger partial charge in [0.15, 0.2) is 0 Å². The Hall–Kier alpha value is -2.68. The lowest BCUT2D eigenvalue weighted by Gasteiger charge is -2.21. The van der Waals surface area contributed by atoms with Crippen LogP contribution in [-0.4, -0.2) is 0 Å². The second-order valence-corrected chi connectivity index (χ2v) is 6.78. The molecule has 0 saturated heterocycles. The Bertz CT molecular complexity index is 927. The molecule has 0 unspecified atom stereocenters. The van der Waals surface area contributed by atoms with Gasteiger partial charge in [-0.2, -0.15) is 8.78 Å². The van der Waals surface area contributed by atoms with Crippen LogP contribution in [0.25, 0.3) is 11.1 Å². The molecule has 0 radical (unpaired) electrons. The molecule has 0 fully saturated rings. The molecule has 0 aliphatic heterocycles. The Morgan fingerprint density at radius 2 is 1.35 bits per heavy atom. The number of hydrogen-bond acceptors (Lipinski definition) is 1. The van der Waals surface area contributed by atoms with Gasteiger partial charge in [0, 0.05) is 0 Å². The zero-order valence-electron chi connectivity index (χ0n) is 15.4. The molecule has 3 aromatic rings. The highest BCUT2D eigenvalue weighted by molar-refractivity contribution is 5.68. The van der Waals surface area contributed by atoms with E-state index in [1.807, 2.05) is 32.9 Å². The third-order valence-electron chi connectivity index (χ3n) is 4.50. The smallest absolute Gasteiger partial charge is 0.426 e. The summed E-state index contributed by atoms with van der Waals surface area (Å²) in [7, 11) is 0. The summed E-state index contributed by atoms with van der Waals surface area (Å²) in [5.74, 6) is 0.151. The van der Waals surface area contributed by atoms with Crippen LogP contribution in [-0.2, 0) is 6.11 Å². The van der Waals surface area contributed by atoms with Gasteiger partial charge in [0.1, 0.15) is 5.75 Å². The van der Waals surface area contributed by atoms with Crippen LogP contribution in [0.2, 0.25) is 0 Å². The molecule has 3 rings (SSSR count). The molecule has 3 aromatic carbocycles. The normalized spacial score (nSPS) is 11.5. The number of hydrogen-bond donors (Lipinski definition) is 0. The molecule has 0 bridgehead atoms. The Labute approximate surface area is 153 Å². The predicted molar refractivity (Wildman–Crippen MR) is 102 cm³/mol. The quantitative estimate of drug-likeness (QED) is 0.507. The first-order valence-electron chi connectivity index (χ1n) is 8.58. The maximum absolute atomic E-state index is 14.6. The summed E-state index contributed by atoms with van der Waals surface area (Å²) in [6, 6.07) is 17.7. The number of halogens is 2. The number of alkyl halides is 2. The summed E-state index contributed by atoms with van der Waals surface area (Å²) < 4.78 is 34.3. The Morgan fingerprint density at radius 3 is 1.96 bits per heavy atom. The SMILES string of the molecule is Cc1ccc(OC(F)(F)c2ccc(-c3ccc(C)cc3C)cc2C)cc1. The fourth-order valence-corrected chi connectivity index (χ4v) is 3.10. The van der Waals surface area contributed by atoms with Gasteiger partial charge in [0.25, 0.3) is 0 Å². The van der Waals surface area contributed by atoms with Crippen molar-refractivity contribution in [3.8, 4) is 16.9 Å². The highest BCUT2D eigenvalue weighted by Crippen LogP contribution is 2.36. The molecular formula is C23H22F2O. The number of aryl methyl sites for hydroxylation is 4. The van der Waals surface area contributed by atoms with E-state index in [9.17, 15) is 8.78 Å². The zero-order chi connectivity index (χ0) is 18.9. The molecule has 0 spiro atoms. The monoisotopic (exact) mass is 352 g/mol. The van der Waals surface area contributed by atoms with E-state index in [4.69, 9.17) is 4.74 Å². The van der Waals surface area contributed by atoms with Crippen LogP contribution in [0, 0.1) is 27.7 Å². The van der Waals surface area contributed by atoms with E-state index in [-0.39, 0.29) is 11.3 Å². The van der Waals surface area contributed by atoms with E-state index in [2.05, 4.69) is 6.07 Å². The van der Waals surface area contributed by atoms with Gasteiger partial charge in [0.05, 0.1) is 5.56 Å². The molecule has 0 N–H and O–H groups in total. The van der Waals surface area contributed by atoms with Crippen molar-refractivity contribution in [1.82, 2.24) is 0 Å². The molecular weight excluding hydrogens is 330 g/mol. The van der Waals surface area contributed by atoms with Gasteiger partial charge in [-0.1, -0.05) is 53.6 Å². The molecule has 0 heterocycles. The molecule has 0 aliphatic carbocycles. The van der Waals surface area contributed by atoms with Gasteiger partial charge < -0.3 is 4.74 Å². The van der Waals surface area contributed by atoms with Crippen molar-refractivity contribution in [1.29, 1.82) is 0 Å². The lowest BCUT2D eigenvalue weighted by atomic mass is 9.95. The highest BCUT2D eigenvalue weighted by atomic mass is 19.3. The summed E-state index contributed by atoms with van der Waals surface area (Å²) >= 11 is 0. The van der Waals surface area contributed by atoms with Gasteiger partial charge in [-0.15, -0.1) is 0 Å². The molecule has 0 aromatic heterocycles. The van der Waals surface area contributed by atoms with Crippen molar-refractivity contribution in [3.63, 3.8) is 0 Å². The van der Waals surface area contributed by atoms with Crippen LogP contribution in [0.15, 0.2) is 60.7 Å². The van der Waals surface area contributed by atoms with Crippen molar-refractivity contribution in [2.75, 3.05) is 0 Å². The first-order chi connectivity index (χ1) is 12.3. The average molecular weight is 352 g/mol. The molecule has 134 valence electrons. The number of rotatable bonds is 4. The lowest BCUT2D eigenvalue weighted by molar-refractivity contribution is -0.185. The first kappa shape index (κ1) is 18.1. The predicted octanol–water partition coefficient (Wildman–Crippen LogP) is 6.72. The average Bonchev–Trinajstić information content (AvgIpc) is 2.56. The first-order valence-corrected chi connectivity index (χ1v) is 8.58. The third kappa shape index (κ3) is 3.77. The van der Waals surface area contributed by atoms with Crippen LogP contribution >= 0.6 is 0 Å². The van der Waals surface area contributed by atoms with Gasteiger partial charge in [-0.05, 0) is 68.1 Å². The van der Waals surface area contributed by atoms with Crippen LogP contribution in [0.4, 0.5) is 8.78 Å². The topological polar surface area (TPSA) is 9.23 Å². The van der Waals surface area contributed by atoms with Gasteiger partial charge >= 0.3 is 6.11 Å². The molecule has 1 nitrogen and oxygen atoms in total. The van der Waals surface area contributed by atoms with Crippen LogP contribution in [0.3, 0.4) is 0 Å². The Morgan fingerprint density at radius 1 is 0.692 bits per heavy atom. The number of ether oxygens (including phenoxy) is 1. The summed E-state index contributed by atoms with van der Waals surface area (Å²) in [5.41, 5.74) is 5.65. The van der Waals surface area contributed by atoms with Crippen molar-refractivity contribution < 1.29 is 13.5 Å². The minimum atomic E-state index is -3.39. The molecule has 0 atom stereocenters. The molecule has 0 aliphatic rings. The minimum Gasteiger partial charge on any atom is -0.429 e. The van der Waals surface area contributed by atoms with E-state index in [1.165, 1.54) is 11.6 Å². The standard InChI is InChI=1S/C23H22F2O/c1-15-5-9-20(10-6-15)26-23(24,25)22-12-8-19(14-18(22)4)21-11-7-16(2)13-17(21)3/h5-14H,1-4H3. The highest BCUT2D eigenvalue weighted by Gasteiger charge is 2.36. The lowest BCUT2D eigenvalue weighted by Crippen LogP contribution is -2.23. The third-order valence-corrected chi connectivity index (χ3v) is 4.50. The van der Waals surface area contributed by atoms with Gasteiger partial charge in [0.2, 0.25) is 0 Å². The van der Waals surface area contributed by atoms with E-state index >= 15 is 0 Å². The summed E-state index contributed by atoms with van der Waals surface area (Å²) in [5, 5.41) is 0. The molecule has 0 amide bonds. The largest absolute Gasteiger partial charge is 0.429 e. The van der Waals surface area contributed by atoms with E-state index < -0.39 is 6.11 Å². The molecule has 3 heteroatoms. The summed E-state index contributed by atoms with van der Waals surface area (Å²) in [4.78, 5) is 0. The maximum atomic E-state index is 14.6. The minimum absolute atomic E-state index is 0.119. The van der Waals surface area contributed by atoms with E-state index in [0.717, 1.165) is 22.3 Å². The van der Waals surface area contributed by atoms with Crippen molar-refractivity contribution in [3.05, 3.63) is 88.5 Å². The second-order valence-electron chi connectivity index (χ2n) is 6.78. The second kappa shape index (κ2) is 6.91. The fraction of sp³-hybridized carbons (Fsp3) is 0.217. The zero-order valence-corrected chi connectivity index (χ0v) is 15.4. The van der Waals surface area contributed by atoms with Crippen LogP contribution in [0.5, 0.6) is 5.75 Å². The van der Waals surface area contributed by atoms with Gasteiger partial charge in [-0.25, -0.2) is 0 Å². The van der Waals surface area contributed by atoms with Crippen LogP contribution < -0.4 is 4.74 Å². The van der Waals surface area contributed by atoms with Crippen molar-refractivity contribution in [2.24, 2.45) is 0 Å². The summed E-state index contributed by atoms with van der Waals surface area (Å²) in [6.07, 6.45) is -3.39. The number of benzene rings is 3. The van der Waals surface area contributed by atoms with Crippen LogP contribution in [0.1, 0.15) is 27.8 Å². The Balaban J connectivity index is 1.92. The summed E-state index contributed by atoms with van der Waals surface area (Å²) in [6.45, 7) is 7.65. The molecule has 0 saturated carbocycles. The molecule has 26 heavy (non-hydrogen) atoms. The fourth-order valence-electron chi connectivity index (χ4n) is 3.10. The van der Waals surface area contributed by atoms with Crippen molar-refractivity contribution >= 4 is 0 Å².